The van der Waals surface area contributed by atoms with Crippen molar-refractivity contribution in [3.8, 4) is 0 Å². The van der Waals surface area contributed by atoms with Gasteiger partial charge in [0.1, 0.15) is 5.78 Å². The number of carboxylic acids is 1. The molecule has 3 heteroatoms. The molecule has 0 rings (SSSR count). The SMILES string of the molecule is CCCCCCCCCCCCC(=O)CCCCCC(=O)O. The van der Waals surface area contributed by atoms with E-state index in [0.29, 0.717) is 18.6 Å². The minimum absolute atomic E-state index is 0.229. The Morgan fingerprint density at radius 2 is 0.955 bits per heavy atom. The quantitative estimate of drug-likeness (QED) is 0.340. The lowest BCUT2D eigenvalue weighted by atomic mass is 10.0. The lowest BCUT2D eigenvalue weighted by molar-refractivity contribution is -0.137. The Morgan fingerprint density at radius 1 is 0.591 bits per heavy atom. The maximum absolute atomic E-state index is 11.7. The fourth-order valence-electron chi connectivity index (χ4n) is 2.71. The van der Waals surface area contributed by atoms with Crippen LogP contribution in [0, 0.1) is 0 Å². The highest BCUT2D eigenvalue weighted by Crippen LogP contribution is 2.12. The molecule has 130 valence electrons. The molecule has 0 fully saturated rings. The van der Waals surface area contributed by atoms with Crippen LogP contribution in [0.25, 0.3) is 0 Å². The summed E-state index contributed by atoms with van der Waals surface area (Å²) in [6, 6.07) is 0. The van der Waals surface area contributed by atoms with Gasteiger partial charge in [-0.05, 0) is 19.3 Å². The van der Waals surface area contributed by atoms with Crippen molar-refractivity contribution in [1.82, 2.24) is 0 Å². The van der Waals surface area contributed by atoms with Crippen molar-refractivity contribution in [1.29, 1.82) is 0 Å². The molecule has 0 heterocycles. The predicted octanol–water partition coefficient (Wildman–Crippen LogP) is 5.90. The molecule has 0 aromatic heterocycles. The Hall–Kier alpha value is -0.860. The average molecular weight is 312 g/mol. The van der Waals surface area contributed by atoms with Gasteiger partial charge in [-0.15, -0.1) is 0 Å². The van der Waals surface area contributed by atoms with Crippen LogP contribution in [0.1, 0.15) is 110 Å². The van der Waals surface area contributed by atoms with Crippen LogP contribution >= 0.6 is 0 Å². The van der Waals surface area contributed by atoms with E-state index >= 15 is 0 Å². The molecule has 0 aromatic rings. The first-order chi connectivity index (χ1) is 10.7. The van der Waals surface area contributed by atoms with E-state index in [0.717, 1.165) is 25.7 Å². The van der Waals surface area contributed by atoms with Gasteiger partial charge in [0.15, 0.2) is 0 Å². The summed E-state index contributed by atoms with van der Waals surface area (Å²) in [6.07, 6.45) is 17.0. The molecular weight excluding hydrogens is 276 g/mol. The van der Waals surface area contributed by atoms with Crippen LogP contribution < -0.4 is 0 Å². The highest BCUT2D eigenvalue weighted by molar-refractivity contribution is 5.78. The van der Waals surface area contributed by atoms with Crippen LogP contribution in [0.15, 0.2) is 0 Å². The molecule has 0 radical (unpaired) electrons. The molecule has 0 unspecified atom stereocenters. The monoisotopic (exact) mass is 312 g/mol. The van der Waals surface area contributed by atoms with Gasteiger partial charge in [0.25, 0.3) is 0 Å². The first-order valence-electron chi connectivity index (χ1n) is 9.40. The summed E-state index contributed by atoms with van der Waals surface area (Å²) >= 11 is 0. The van der Waals surface area contributed by atoms with Crippen LogP contribution in [0.2, 0.25) is 0 Å². The van der Waals surface area contributed by atoms with Gasteiger partial charge in [-0.3, -0.25) is 9.59 Å². The molecule has 22 heavy (non-hydrogen) atoms. The standard InChI is InChI=1S/C19H36O3/c1-2-3-4-5-6-7-8-9-10-12-15-18(20)16-13-11-14-17-19(21)22/h2-17H2,1H3,(H,21,22). The van der Waals surface area contributed by atoms with Crippen molar-refractivity contribution in [2.45, 2.75) is 110 Å². The summed E-state index contributed by atoms with van der Waals surface area (Å²) in [6.45, 7) is 2.25. The van der Waals surface area contributed by atoms with Crippen molar-refractivity contribution < 1.29 is 14.7 Å². The number of carboxylic acid groups (broad SMARTS) is 1. The number of aliphatic carboxylic acids is 1. The molecular formula is C19H36O3. The zero-order chi connectivity index (χ0) is 16.5. The van der Waals surface area contributed by atoms with E-state index < -0.39 is 5.97 Å². The zero-order valence-corrected chi connectivity index (χ0v) is 14.6. The third kappa shape index (κ3) is 17.2. The first kappa shape index (κ1) is 21.1. The van der Waals surface area contributed by atoms with E-state index in [4.69, 9.17) is 5.11 Å². The van der Waals surface area contributed by atoms with Gasteiger partial charge >= 0.3 is 5.97 Å². The smallest absolute Gasteiger partial charge is 0.303 e. The van der Waals surface area contributed by atoms with Crippen LogP contribution in [-0.4, -0.2) is 16.9 Å². The minimum Gasteiger partial charge on any atom is -0.481 e. The van der Waals surface area contributed by atoms with E-state index in [1.807, 2.05) is 0 Å². The van der Waals surface area contributed by atoms with Crippen molar-refractivity contribution >= 4 is 11.8 Å². The number of carbonyl (C=O) groups excluding carboxylic acids is 1. The Labute approximate surface area is 136 Å². The zero-order valence-electron chi connectivity index (χ0n) is 14.6. The Kier molecular flexibility index (Phi) is 15.9. The summed E-state index contributed by atoms with van der Waals surface area (Å²) in [5.74, 6) is -0.383. The van der Waals surface area contributed by atoms with E-state index in [2.05, 4.69) is 6.92 Å². The van der Waals surface area contributed by atoms with Crippen molar-refractivity contribution in [2.24, 2.45) is 0 Å². The lowest BCUT2D eigenvalue weighted by Gasteiger charge is -2.03. The molecule has 0 amide bonds. The van der Waals surface area contributed by atoms with Gasteiger partial charge in [0, 0.05) is 19.3 Å². The topological polar surface area (TPSA) is 54.4 Å². The number of rotatable bonds is 17. The summed E-state index contributed by atoms with van der Waals surface area (Å²) in [5.41, 5.74) is 0. The first-order valence-corrected chi connectivity index (χ1v) is 9.40. The lowest BCUT2D eigenvalue weighted by Crippen LogP contribution is -1.98. The molecule has 1 N–H and O–H groups in total. The van der Waals surface area contributed by atoms with Gasteiger partial charge in [-0.1, -0.05) is 71.1 Å². The Morgan fingerprint density at radius 3 is 1.41 bits per heavy atom. The highest BCUT2D eigenvalue weighted by atomic mass is 16.4. The number of hydrogen-bond acceptors (Lipinski definition) is 2. The number of ketones is 1. The summed E-state index contributed by atoms with van der Waals surface area (Å²) < 4.78 is 0. The number of carbonyl (C=O) groups is 2. The number of hydrogen-bond donors (Lipinski definition) is 1. The van der Waals surface area contributed by atoms with Crippen molar-refractivity contribution in [2.75, 3.05) is 0 Å². The van der Waals surface area contributed by atoms with Gasteiger partial charge in [-0.25, -0.2) is 0 Å². The van der Waals surface area contributed by atoms with E-state index in [1.165, 1.54) is 57.8 Å². The van der Waals surface area contributed by atoms with Crippen molar-refractivity contribution in [3.63, 3.8) is 0 Å². The van der Waals surface area contributed by atoms with E-state index in [-0.39, 0.29) is 6.42 Å². The second-order valence-electron chi connectivity index (χ2n) is 6.43. The Balaban J connectivity index is 3.16. The minimum atomic E-state index is -0.739. The summed E-state index contributed by atoms with van der Waals surface area (Å²) in [5, 5.41) is 8.51. The molecule has 3 nitrogen and oxygen atoms in total. The Bertz CT molecular complexity index is 274. The predicted molar refractivity (Wildman–Crippen MR) is 92.2 cm³/mol. The molecule has 0 bridgehead atoms. The van der Waals surface area contributed by atoms with Gasteiger partial charge < -0.3 is 5.11 Å². The fourth-order valence-corrected chi connectivity index (χ4v) is 2.71. The third-order valence-electron chi connectivity index (χ3n) is 4.16. The molecule has 0 atom stereocenters. The molecule has 0 aromatic carbocycles. The van der Waals surface area contributed by atoms with Crippen LogP contribution in [0.5, 0.6) is 0 Å². The van der Waals surface area contributed by atoms with Crippen LogP contribution in [0.3, 0.4) is 0 Å². The molecule has 0 aliphatic heterocycles. The molecule has 0 saturated carbocycles. The number of Topliss-reactive ketones (excluding diaryl/α,β-unsaturated/α-hetero) is 1. The maximum Gasteiger partial charge on any atom is 0.303 e. The third-order valence-corrected chi connectivity index (χ3v) is 4.16. The summed E-state index contributed by atoms with van der Waals surface area (Å²) in [7, 11) is 0. The van der Waals surface area contributed by atoms with Crippen molar-refractivity contribution in [3.05, 3.63) is 0 Å². The van der Waals surface area contributed by atoms with Gasteiger partial charge in [-0.2, -0.15) is 0 Å². The van der Waals surface area contributed by atoms with Crippen LogP contribution in [0.4, 0.5) is 0 Å². The molecule has 0 saturated heterocycles. The molecule has 0 spiro atoms. The second-order valence-corrected chi connectivity index (χ2v) is 6.43. The number of unbranched alkanes of at least 4 members (excludes halogenated alkanes) is 11. The average Bonchev–Trinajstić information content (AvgIpc) is 2.48. The summed E-state index contributed by atoms with van der Waals surface area (Å²) in [4.78, 5) is 22.0. The molecule has 0 aliphatic rings. The highest BCUT2D eigenvalue weighted by Gasteiger charge is 2.03. The van der Waals surface area contributed by atoms with Gasteiger partial charge in [0.2, 0.25) is 0 Å². The second kappa shape index (κ2) is 16.5. The normalized spacial score (nSPS) is 10.8. The molecule has 0 aliphatic carbocycles. The maximum atomic E-state index is 11.7. The fraction of sp³-hybridized carbons (Fsp3) is 0.895. The largest absolute Gasteiger partial charge is 0.481 e. The van der Waals surface area contributed by atoms with Gasteiger partial charge in [0.05, 0.1) is 0 Å². The van der Waals surface area contributed by atoms with E-state index in [9.17, 15) is 9.59 Å². The van der Waals surface area contributed by atoms with Crippen LogP contribution in [-0.2, 0) is 9.59 Å². The van der Waals surface area contributed by atoms with E-state index in [1.54, 1.807) is 0 Å².